The van der Waals surface area contributed by atoms with Crippen molar-refractivity contribution in [1.29, 1.82) is 0 Å². The monoisotopic (exact) mass is 411 g/mol. The Hall–Kier alpha value is -3.53. The summed E-state index contributed by atoms with van der Waals surface area (Å²) in [4.78, 5) is 51.0. The van der Waals surface area contributed by atoms with Crippen LogP contribution in [0.4, 0.5) is 10.8 Å². The van der Waals surface area contributed by atoms with Gasteiger partial charge in [0.1, 0.15) is 0 Å². The van der Waals surface area contributed by atoms with Gasteiger partial charge in [0.05, 0.1) is 12.2 Å². The fraction of sp³-hybridized carbons (Fsp3) is 0.211. The number of aromatic amines is 1. The number of hydrogen-bond donors (Lipinski definition) is 3. The van der Waals surface area contributed by atoms with Crippen LogP contribution in [0.15, 0.2) is 45.3 Å². The van der Waals surface area contributed by atoms with Gasteiger partial charge < -0.3 is 10.6 Å². The molecule has 9 nitrogen and oxygen atoms in total. The van der Waals surface area contributed by atoms with Gasteiger partial charge in [-0.3, -0.25) is 24.3 Å². The van der Waals surface area contributed by atoms with Crippen LogP contribution in [0.25, 0.3) is 11.3 Å². The molecular formula is C19H17N5O4S. The van der Waals surface area contributed by atoms with E-state index in [1.54, 1.807) is 0 Å². The Morgan fingerprint density at radius 3 is 2.90 bits per heavy atom. The van der Waals surface area contributed by atoms with Crippen molar-refractivity contribution in [2.24, 2.45) is 0 Å². The van der Waals surface area contributed by atoms with Crippen LogP contribution in [0.5, 0.6) is 0 Å². The summed E-state index contributed by atoms with van der Waals surface area (Å²) >= 11 is 1.30. The number of rotatable bonds is 5. The third kappa shape index (κ3) is 4.32. The number of anilines is 2. The van der Waals surface area contributed by atoms with Crippen LogP contribution in [-0.4, -0.2) is 26.6 Å². The van der Waals surface area contributed by atoms with Crippen molar-refractivity contribution >= 4 is 34.0 Å². The predicted molar refractivity (Wildman–Crippen MR) is 109 cm³/mol. The van der Waals surface area contributed by atoms with E-state index in [9.17, 15) is 19.2 Å². The summed E-state index contributed by atoms with van der Waals surface area (Å²) in [6.07, 6.45) is 1.17. The van der Waals surface area contributed by atoms with E-state index < -0.39 is 5.56 Å². The normalized spacial score (nSPS) is 12.9. The van der Waals surface area contributed by atoms with E-state index in [4.69, 9.17) is 0 Å². The quantitative estimate of drug-likeness (QED) is 0.588. The molecular weight excluding hydrogens is 394 g/mol. The summed E-state index contributed by atoms with van der Waals surface area (Å²) in [5.41, 5.74) is 2.74. The van der Waals surface area contributed by atoms with E-state index in [-0.39, 0.29) is 30.3 Å². The number of thiazole rings is 1. The maximum Gasteiger partial charge on any atom is 0.265 e. The van der Waals surface area contributed by atoms with Gasteiger partial charge in [-0.05, 0) is 24.1 Å². The second-order valence-electron chi connectivity index (χ2n) is 6.56. The Labute approximate surface area is 168 Å². The van der Waals surface area contributed by atoms with Crippen LogP contribution in [0.3, 0.4) is 0 Å². The highest BCUT2D eigenvalue weighted by molar-refractivity contribution is 7.14. The fourth-order valence-corrected chi connectivity index (χ4v) is 3.77. The highest BCUT2D eigenvalue weighted by atomic mass is 32.1. The van der Waals surface area contributed by atoms with Gasteiger partial charge in [-0.25, -0.2) is 9.67 Å². The van der Waals surface area contributed by atoms with Crippen LogP contribution in [0, 0.1) is 0 Å². The minimum Gasteiger partial charge on any atom is -0.326 e. The van der Waals surface area contributed by atoms with Gasteiger partial charge in [0, 0.05) is 41.6 Å². The molecule has 0 saturated carbocycles. The van der Waals surface area contributed by atoms with E-state index in [1.807, 2.05) is 23.6 Å². The van der Waals surface area contributed by atoms with Crippen LogP contribution in [-0.2, 0) is 22.6 Å². The Bertz CT molecular complexity index is 1210. The van der Waals surface area contributed by atoms with E-state index >= 15 is 0 Å². The van der Waals surface area contributed by atoms with E-state index in [2.05, 4.69) is 20.7 Å². The van der Waals surface area contributed by atoms with Crippen molar-refractivity contribution in [3.63, 3.8) is 0 Å². The molecule has 1 aromatic carbocycles. The first kappa shape index (κ1) is 18.8. The molecule has 0 atom stereocenters. The maximum atomic E-state index is 12.2. The molecule has 0 saturated heterocycles. The zero-order valence-corrected chi connectivity index (χ0v) is 16.0. The summed E-state index contributed by atoms with van der Waals surface area (Å²) in [5, 5.41) is 10.2. The molecule has 148 valence electrons. The second-order valence-corrected chi connectivity index (χ2v) is 7.41. The summed E-state index contributed by atoms with van der Waals surface area (Å²) in [5.74, 6) is -0.290. The first-order valence-corrected chi connectivity index (χ1v) is 9.84. The SMILES string of the molecule is O=C(CCn1[nH]c(=O)ccc1=O)Nc1nc(-c2ccc3c(c2)CCC(=O)N3)cs1. The largest absolute Gasteiger partial charge is 0.326 e. The van der Waals surface area contributed by atoms with Crippen molar-refractivity contribution in [3.8, 4) is 11.3 Å². The van der Waals surface area contributed by atoms with E-state index in [1.165, 1.54) is 11.3 Å². The number of aromatic nitrogens is 3. The number of aryl methyl sites for hydroxylation is 2. The van der Waals surface area contributed by atoms with Crippen molar-refractivity contribution < 1.29 is 9.59 Å². The number of carbonyl (C=O) groups excluding carboxylic acids is 2. The molecule has 0 spiro atoms. The molecule has 3 heterocycles. The molecule has 1 aliphatic rings. The van der Waals surface area contributed by atoms with Crippen molar-refractivity contribution in [2.75, 3.05) is 10.6 Å². The number of nitrogens with zero attached hydrogens (tertiary/aromatic N) is 2. The highest BCUT2D eigenvalue weighted by Crippen LogP contribution is 2.30. The van der Waals surface area contributed by atoms with Crippen LogP contribution in [0.2, 0.25) is 0 Å². The molecule has 10 heteroatoms. The lowest BCUT2D eigenvalue weighted by atomic mass is 9.99. The van der Waals surface area contributed by atoms with Crippen LogP contribution in [0.1, 0.15) is 18.4 Å². The molecule has 4 rings (SSSR count). The number of fused-ring (bicyclic) bond motifs is 1. The summed E-state index contributed by atoms with van der Waals surface area (Å²) < 4.78 is 1.10. The number of hydrogen-bond acceptors (Lipinski definition) is 6. The molecule has 2 amide bonds. The molecule has 2 aromatic heterocycles. The summed E-state index contributed by atoms with van der Waals surface area (Å²) in [6.45, 7) is 0.0650. The zero-order chi connectivity index (χ0) is 20.4. The first-order chi connectivity index (χ1) is 14.0. The second kappa shape index (κ2) is 7.84. The third-order valence-electron chi connectivity index (χ3n) is 4.50. The average Bonchev–Trinajstić information content (AvgIpc) is 3.16. The Balaban J connectivity index is 1.41. The Morgan fingerprint density at radius 1 is 1.17 bits per heavy atom. The molecule has 3 aromatic rings. The third-order valence-corrected chi connectivity index (χ3v) is 5.26. The Kier molecular flexibility index (Phi) is 5.09. The fourth-order valence-electron chi connectivity index (χ4n) is 3.03. The molecule has 3 N–H and O–H groups in total. The lowest BCUT2D eigenvalue weighted by molar-refractivity contribution is -0.117. The maximum absolute atomic E-state index is 12.2. The van der Waals surface area contributed by atoms with Crippen molar-refractivity contribution in [3.05, 3.63) is 62.0 Å². The van der Waals surface area contributed by atoms with Gasteiger partial charge in [0.15, 0.2) is 5.13 Å². The average molecular weight is 411 g/mol. The van der Waals surface area contributed by atoms with Gasteiger partial charge in [-0.15, -0.1) is 11.3 Å². The highest BCUT2D eigenvalue weighted by Gasteiger charge is 2.16. The standard InChI is InChI=1S/C19H17N5O4S/c25-15-4-2-11-9-12(1-3-13(11)20-15)14-10-29-19(21-14)22-16(26)7-8-24-18(28)6-5-17(27)23-24/h1,3,5-6,9-10H,2,4,7-8H2,(H,20,25)(H,23,27)(H,21,22,26). The number of benzene rings is 1. The summed E-state index contributed by atoms with van der Waals surface area (Å²) in [7, 11) is 0. The first-order valence-electron chi connectivity index (χ1n) is 8.97. The topological polar surface area (TPSA) is 126 Å². The lowest BCUT2D eigenvalue weighted by Crippen LogP contribution is -2.29. The smallest absolute Gasteiger partial charge is 0.265 e. The summed E-state index contributed by atoms with van der Waals surface area (Å²) in [6, 6.07) is 8.03. The molecule has 0 fully saturated rings. The number of amides is 2. The van der Waals surface area contributed by atoms with Crippen molar-refractivity contribution in [1.82, 2.24) is 14.8 Å². The number of H-pyrrole nitrogens is 1. The predicted octanol–water partition coefficient (Wildman–Crippen LogP) is 1.57. The Morgan fingerprint density at radius 2 is 2.03 bits per heavy atom. The number of carbonyl (C=O) groups is 2. The minimum absolute atomic E-state index is 0.0192. The van der Waals surface area contributed by atoms with Gasteiger partial charge in [0.2, 0.25) is 11.8 Å². The van der Waals surface area contributed by atoms with Gasteiger partial charge in [-0.1, -0.05) is 6.07 Å². The molecule has 29 heavy (non-hydrogen) atoms. The van der Waals surface area contributed by atoms with Crippen LogP contribution < -0.4 is 21.8 Å². The van der Waals surface area contributed by atoms with Gasteiger partial charge >= 0.3 is 0 Å². The lowest BCUT2D eigenvalue weighted by Gasteiger charge is -2.17. The molecule has 0 bridgehead atoms. The van der Waals surface area contributed by atoms with Gasteiger partial charge in [0.25, 0.3) is 11.1 Å². The molecule has 1 aliphatic heterocycles. The molecule has 0 unspecified atom stereocenters. The van der Waals surface area contributed by atoms with Gasteiger partial charge in [-0.2, -0.15) is 0 Å². The minimum atomic E-state index is -0.404. The molecule has 0 radical (unpaired) electrons. The number of nitrogens with one attached hydrogen (secondary N) is 3. The van der Waals surface area contributed by atoms with Crippen LogP contribution >= 0.6 is 11.3 Å². The van der Waals surface area contributed by atoms with Crippen molar-refractivity contribution in [2.45, 2.75) is 25.8 Å². The van der Waals surface area contributed by atoms with E-state index in [0.29, 0.717) is 18.0 Å². The molecule has 0 aliphatic carbocycles. The van der Waals surface area contributed by atoms with E-state index in [0.717, 1.165) is 39.3 Å². The zero-order valence-electron chi connectivity index (χ0n) is 15.2.